The fourth-order valence-electron chi connectivity index (χ4n) is 3.56. The Balaban J connectivity index is 1.42. The summed E-state index contributed by atoms with van der Waals surface area (Å²) in [5, 5.41) is 3.17. The Kier molecular flexibility index (Phi) is 6.17. The highest BCUT2D eigenvalue weighted by atomic mass is 16.5. The number of para-hydroxylation sites is 1. The van der Waals surface area contributed by atoms with Gasteiger partial charge in [0.2, 0.25) is 0 Å². The van der Waals surface area contributed by atoms with Gasteiger partial charge in [-0.05, 0) is 36.8 Å². The predicted molar refractivity (Wildman–Crippen MR) is 124 cm³/mol. The molecule has 0 radical (unpaired) electrons. The van der Waals surface area contributed by atoms with Crippen LogP contribution in [0.2, 0.25) is 0 Å². The second-order valence-electron chi connectivity index (χ2n) is 7.21. The normalized spacial score (nSPS) is 10.8. The molecule has 0 saturated carbocycles. The number of benzene rings is 3. The van der Waals surface area contributed by atoms with Crippen LogP contribution in [0.3, 0.4) is 0 Å². The Morgan fingerprint density at radius 1 is 1.00 bits per heavy atom. The molecule has 0 atom stereocenters. The van der Waals surface area contributed by atoms with E-state index in [1.807, 2.05) is 54.6 Å². The van der Waals surface area contributed by atoms with Gasteiger partial charge in [0.15, 0.2) is 0 Å². The largest absolute Gasteiger partial charge is 0.491 e. The fraction of sp³-hybridized carbons (Fsp3) is 0.160. The third-order valence-corrected chi connectivity index (χ3v) is 5.18. The number of aromatic amines is 1. The average molecular weight is 429 g/mol. The van der Waals surface area contributed by atoms with Crippen LogP contribution in [0.5, 0.6) is 5.75 Å². The highest BCUT2D eigenvalue weighted by Gasteiger charge is 2.11. The molecule has 0 saturated heterocycles. The quantitative estimate of drug-likeness (QED) is 0.441. The van der Waals surface area contributed by atoms with Gasteiger partial charge in [0, 0.05) is 17.7 Å². The first kappa shape index (κ1) is 21.1. The number of hydrogen-bond acceptors (Lipinski definition) is 4. The molecule has 4 rings (SSSR count). The number of rotatable bonds is 7. The van der Waals surface area contributed by atoms with Crippen LogP contribution in [0.15, 0.2) is 82.4 Å². The topological polar surface area (TPSA) is 93.2 Å². The van der Waals surface area contributed by atoms with Crippen LogP contribution in [0.4, 0.5) is 0 Å². The smallest absolute Gasteiger partial charge is 0.328 e. The maximum atomic E-state index is 12.5. The van der Waals surface area contributed by atoms with Crippen molar-refractivity contribution < 1.29 is 9.53 Å². The zero-order valence-electron chi connectivity index (χ0n) is 17.6. The standard InChI is InChI=1S/C25H23N3O4/c1-2-28-24(30)20-13-12-18(16-21(20)27-25(28)31)23(29)26-14-15-32-22-11-7-6-10-19(22)17-8-4-3-5-9-17/h3-13,16H,2,14-15H2,1H3,(H,26,29)(H,27,31). The van der Waals surface area contributed by atoms with E-state index in [-0.39, 0.29) is 18.0 Å². The van der Waals surface area contributed by atoms with E-state index in [0.29, 0.717) is 29.6 Å². The summed E-state index contributed by atoms with van der Waals surface area (Å²) < 4.78 is 7.02. The Hall–Kier alpha value is -4.13. The minimum absolute atomic E-state index is 0.278. The molecule has 32 heavy (non-hydrogen) atoms. The molecule has 7 heteroatoms. The van der Waals surface area contributed by atoms with E-state index in [1.54, 1.807) is 19.1 Å². The van der Waals surface area contributed by atoms with E-state index < -0.39 is 5.69 Å². The molecule has 0 aliphatic heterocycles. The number of nitrogens with one attached hydrogen (secondary N) is 2. The van der Waals surface area contributed by atoms with Crippen molar-refractivity contribution in [2.75, 3.05) is 13.2 Å². The number of carbonyl (C=O) groups excluding carboxylic acids is 1. The van der Waals surface area contributed by atoms with Crippen LogP contribution in [0.1, 0.15) is 17.3 Å². The van der Waals surface area contributed by atoms with Crippen molar-refractivity contribution >= 4 is 16.8 Å². The molecule has 0 unspecified atom stereocenters. The first-order chi connectivity index (χ1) is 15.6. The van der Waals surface area contributed by atoms with Crippen LogP contribution >= 0.6 is 0 Å². The number of fused-ring (bicyclic) bond motifs is 1. The van der Waals surface area contributed by atoms with Crippen LogP contribution in [-0.4, -0.2) is 28.6 Å². The van der Waals surface area contributed by atoms with Crippen molar-refractivity contribution in [3.8, 4) is 16.9 Å². The molecule has 3 aromatic carbocycles. The number of aromatic nitrogens is 2. The zero-order chi connectivity index (χ0) is 22.5. The van der Waals surface area contributed by atoms with Gasteiger partial charge in [-0.15, -0.1) is 0 Å². The second kappa shape index (κ2) is 9.34. The summed E-state index contributed by atoms with van der Waals surface area (Å²) in [4.78, 5) is 39.6. The molecule has 2 N–H and O–H groups in total. The molecule has 0 aliphatic carbocycles. The molecule has 162 valence electrons. The van der Waals surface area contributed by atoms with E-state index in [4.69, 9.17) is 4.74 Å². The summed E-state index contributed by atoms with van der Waals surface area (Å²) >= 11 is 0. The second-order valence-corrected chi connectivity index (χ2v) is 7.21. The SMILES string of the molecule is CCn1c(=O)[nH]c2cc(C(=O)NCCOc3ccccc3-c3ccccc3)ccc2c1=O. The molecule has 7 nitrogen and oxygen atoms in total. The van der Waals surface area contributed by atoms with E-state index in [2.05, 4.69) is 10.3 Å². The van der Waals surface area contributed by atoms with Crippen molar-refractivity contribution in [1.82, 2.24) is 14.9 Å². The lowest BCUT2D eigenvalue weighted by Crippen LogP contribution is -2.34. The van der Waals surface area contributed by atoms with E-state index in [9.17, 15) is 14.4 Å². The van der Waals surface area contributed by atoms with Crippen LogP contribution in [0.25, 0.3) is 22.0 Å². The summed E-state index contributed by atoms with van der Waals surface area (Å²) in [7, 11) is 0. The summed E-state index contributed by atoms with van der Waals surface area (Å²) in [6, 6.07) is 22.3. The minimum Gasteiger partial charge on any atom is -0.491 e. The Morgan fingerprint density at radius 3 is 2.53 bits per heavy atom. The van der Waals surface area contributed by atoms with Crippen molar-refractivity contribution in [2.45, 2.75) is 13.5 Å². The third kappa shape index (κ3) is 4.32. The average Bonchev–Trinajstić information content (AvgIpc) is 2.82. The van der Waals surface area contributed by atoms with Gasteiger partial charge < -0.3 is 15.0 Å². The highest BCUT2D eigenvalue weighted by molar-refractivity contribution is 5.97. The van der Waals surface area contributed by atoms with E-state index in [0.717, 1.165) is 21.4 Å². The van der Waals surface area contributed by atoms with E-state index in [1.165, 1.54) is 6.07 Å². The third-order valence-electron chi connectivity index (χ3n) is 5.18. The number of nitrogens with zero attached hydrogens (tertiary/aromatic N) is 1. The van der Waals surface area contributed by atoms with Crippen LogP contribution in [-0.2, 0) is 6.54 Å². The monoisotopic (exact) mass is 429 g/mol. The lowest BCUT2D eigenvalue weighted by atomic mass is 10.1. The number of ether oxygens (including phenoxy) is 1. The molecule has 0 spiro atoms. The van der Waals surface area contributed by atoms with Gasteiger partial charge in [-0.3, -0.25) is 14.2 Å². The molecule has 1 amide bonds. The Labute approximate surface area is 184 Å². The first-order valence-electron chi connectivity index (χ1n) is 10.4. The predicted octanol–water partition coefficient (Wildman–Crippen LogP) is 3.19. The van der Waals surface area contributed by atoms with Gasteiger partial charge in [-0.1, -0.05) is 48.5 Å². The molecular formula is C25H23N3O4. The number of carbonyl (C=O) groups is 1. The number of hydrogen-bond donors (Lipinski definition) is 2. The van der Waals surface area contributed by atoms with Crippen LogP contribution in [0, 0.1) is 0 Å². The highest BCUT2D eigenvalue weighted by Crippen LogP contribution is 2.29. The van der Waals surface area contributed by atoms with Gasteiger partial charge in [0.05, 0.1) is 17.4 Å². The summed E-state index contributed by atoms with van der Waals surface area (Å²) in [6.45, 7) is 2.60. The maximum absolute atomic E-state index is 12.5. The van der Waals surface area contributed by atoms with Crippen molar-refractivity contribution in [3.63, 3.8) is 0 Å². The van der Waals surface area contributed by atoms with Crippen LogP contribution < -0.4 is 21.3 Å². The Bertz CT molecular complexity index is 1370. The fourth-order valence-corrected chi connectivity index (χ4v) is 3.56. The van der Waals surface area contributed by atoms with Crippen molar-refractivity contribution in [2.24, 2.45) is 0 Å². The van der Waals surface area contributed by atoms with Gasteiger partial charge >= 0.3 is 5.69 Å². The van der Waals surface area contributed by atoms with E-state index >= 15 is 0 Å². The first-order valence-corrected chi connectivity index (χ1v) is 10.4. The van der Waals surface area contributed by atoms with Gasteiger partial charge in [0.1, 0.15) is 12.4 Å². The molecule has 1 aromatic heterocycles. The maximum Gasteiger partial charge on any atom is 0.328 e. The van der Waals surface area contributed by atoms with Gasteiger partial charge in [-0.25, -0.2) is 4.79 Å². The molecule has 4 aromatic rings. The lowest BCUT2D eigenvalue weighted by Gasteiger charge is -2.12. The molecule has 0 aliphatic rings. The van der Waals surface area contributed by atoms with Crippen molar-refractivity contribution in [1.29, 1.82) is 0 Å². The molecule has 1 heterocycles. The van der Waals surface area contributed by atoms with Gasteiger partial charge in [-0.2, -0.15) is 0 Å². The summed E-state index contributed by atoms with van der Waals surface area (Å²) in [5.41, 5.74) is 1.86. The summed E-state index contributed by atoms with van der Waals surface area (Å²) in [5.74, 6) is 0.427. The lowest BCUT2D eigenvalue weighted by molar-refractivity contribution is 0.0947. The zero-order valence-corrected chi connectivity index (χ0v) is 17.6. The van der Waals surface area contributed by atoms with Crippen molar-refractivity contribution in [3.05, 3.63) is 99.2 Å². The molecule has 0 fully saturated rings. The number of H-pyrrole nitrogens is 1. The molecule has 0 bridgehead atoms. The molecular weight excluding hydrogens is 406 g/mol. The minimum atomic E-state index is -0.493. The summed E-state index contributed by atoms with van der Waals surface area (Å²) in [6.07, 6.45) is 0. The van der Waals surface area contributed by atoms with Gasteiger partial charge in [0.25, 0.3) is 11.5 Å². The number of amides is 1. The Morgan fingerprint density at radius 2 is 1.75 bits per heavy atom.